The van der Waals surface area contributed by atoms with E-state index in [1.165, 1.54) is 19.3 Å². The normalized spacial score (nSPS) is 45.8. The van der Waals surface area contributed by atoms with Gasteiger partial charge in [-0.2, -0.15) is 0 Å². The molecule has 1 spiro atoms. The van der Waals surface area contributed by atoms with Crippen molar-refractivity contribution < 1.29 is 4.74 Å². The summed E-state index contributed by atoms with van der Waals surface area (Å²) in [6, 6.07) is 0.716. The van der Waals surface area contributed by atoms with E-state index in [9.17, 15) is 0 Å². The Kier molecular flexibility index (Phi) is 1.69. The van der Waals surface area contributed by atoms with Crippen molar-refractivity contribution >= 4 is 0 Å². The van der Waals surface area contributed by atoms with Gasteiger partial charge in [0.2, 0.25) is 0 Å². The van der Waals surface area contributed by atoms with Crippen LogP contribution in [0.4, 0.5) is 0 Å². The topological polar surface area (TPSA) is 12.5 Å². The quantitative estimate of drug-likeness (QED) is 0.522. The second kappa shape index (κ2) is 2.46. The number of ether oxygens (including phenoxy) is 1. The SMILES string of the molecule is C[C@@H]1CC2(CCCO2)CN1C. The molecule has 0 radical (unpaired) electrons. The minimum absolute atomic E-state index is 0.258. The van der Waals surface area contributed by atoms with Crippen LogP contribution in [0.25, 0.3) is 0 Å². The van der Waals surface area contributed by atoms with Gasteiger partial charge in [0.25, 0.3) is 0 Å². The number of nitrogens with zero attached hydrogens (tertiary/aromatic N) is 1. The van der Waals surface area contributed by atoms with E-state index in [-0.39, 0.29) is 5.60 Å². The largest absolute Gasteiger partial charge is 0.374 e. The van der Waals surface area contributed by atoms with Crippen molar-refractivity contribution in [2.24, 2.45) is 0 Å². The summed E-state index contributed by atoms with van der Waals surface area (Å²) >= 11 is 0. The molecule has 0 aromatic carbocycles. The molecule has 2 fully saturated rings. The summed E-state index contributed by atoms with van der Waals surface area (Å²) in [6.07, 6.45) is 3.78. The van der Waals surface area contributed by atoms with E-state index in [1.807, 2.05) is 0 Å². The fourth-order valence-corrected chi connectivity index (χ4v) is 2.41. The molecule has 2 atom stereocenters. The first-order valence-electron chi connectivity index (χ1n) is 4.56. The van der Waals surface area contributed by atoms with Crippen LogP contribution in [0.15, 0.2) is 0 Å². The molecule has 0 bridgehead atoms. The lowest BCUT2D eigenvalue weighted by atomic mass is 9.97. The van der Waals surface area contributed by atoms with E-state index in [1.54, 1.807) is 0 Å². The molecule has 2 aliphatic rings. The van der Waals surface area contributed by atoms with Crippen LogP contribution < -0.4 is 0 Å². The van der Waals surface area contributed by atoms with E-state index in [4.69, 9.17) is 4.74 Å². The summed E-state index contributed by atoms with van der Waals surface area (Å²) in [5.41, 5.74) is 0.258. The summed E-state index contributed by atoms with van der Waals surface area (Å²) in [7, 11) is 2.20. The molecule has 2 rings (SSSR count). The zero-order chi connectivity index (χ0) is 7.90. The van der Waals surface area contributed by atoms with Crippen LogP contribution in [0.5, 0.6) is 0 Å². The Morgan fingerprint density at radius 1 is 1.55 bits per heavy atom. The van der Waals surface area contributed by atoms with E-state index in [0.717, 1.165) is 13.2 Å². The highest BCUT2D eigenvalue weighted by atomic mass is 16.5. The summed E-state index contributed by atoms with van der Waals surface area (Å²) in [6.45, 7) is 4.42. The molecule has 2 heteroatoms. The average Bonchev–Trinajstić information content (AvgIpc) is 2.46. The number of likely N-dealkylation sites (tertiary alicyclic amines) is 1. The van der Waals surface area contributed by atoms with Crippen LogP contribution in [0.3, 0.4) is 0 Å². The molecule has 0 amide bonds. The highest BCUT2D eigenvalue weighted by molar-refractivity contribution is 4.97. The van der Waals surface area contributed by atoms with Gasteiger partial charge in [0, 0.05) is 19.2 Å². The molecular formula is C9H17NO. The predicted octanol–water partition coefficient (Wildman–Crippen LogP) is 1.26. The van der Waals surface area contributed by atoms with Crippen LogP contribution in [-0.2, 0) is 4.74 Å². The van der Waals surface area contributed by atoms with Crippen LogP contribution in [0.2, 0.25) is 0 Å². The second-order valence-corrected chi connectivity index (χ2v) is 4.10. The minimum Gasteiger partial charge on any atom is -0.374 e. The maximum atomic E-state index is 5.80. The van der Waals surface area contributed by atoms with Gasteiger partial charge in [-0.1, -0.05) is 0 Å². The van der Waals surface area contributed by atoms with Crippen molar-refractivity contribution in [3.63, 3.8) is 0 Å². The summed E-state index contributed by atoms with van der Waals surface area (Å²) in [5.74, 6) is 0. The summed E-state index contributed by atoms with van der Waals surface area (Å²) in [5, 5.41) is 0. The molecule has 0 aromatic rings. The molecule has 1 unspecified atom stereocenters. The Hall–Kier alpha value is -0.0800. The molecular weight excluding hydrogens is 138 g/mol. The Bertz CT molecular complexity index is 140. The van der Waals surface area contributed by atoms with Crippen molar-refractivity contribution in [2.75, 3.05) is 20.2 Å². The molecule has 2 heterocycles. The van der Waals surface area contributed by atoms with Gasteiger partial charge in [-0.25, -0.2) is 0 Å². The Morgan fingerprint density at radius 3 is 2.82 bits per heavy atom. The lowest BCUT2D eigenvalue weighted by Crippen LogP contribution is -2.30. The molecule has 64 valence electrons. The summed E-state index contributed by atoms with van der Waals surface area (Å²) in [4.78, 5) is 2.41. The van der Waals surface area contributed by atoms with E-state index < -0.39 is 0 Å². The van der Waals surface area contributed by atoms with E-state index >= 15 is 0 Å². The van der Waals surface area contributed by atoms with E-state index in [2.05, 4.69) is 18.9 Å². The van der Waals surface area contributed by atoms with Gasteiger partial charge in [0.05, 0.1) is 5.60 Å². The zero-order valence-electron chi connectivity index (χ0n) is 7.47. The first-order valence-corrected chi connectivity index (χ1v) is 4.56. The van der Waals surface area contributed by atoms with Gasteiger partial charge in [-0.3, -0.25) is 0 Å². The highest BCUT2D eigenvalue weighted by Crippen LogP contribution is 2.37. The fraction of sp³-hybridized carbons (Fsp3) is 1.00. The second-order valence-electron chi connectivity index (χ2n) is 4.10. The maximum Gasteiger partial charge on any atom is 0.0824 e. The van der Waals surface area contributed by atoms with Crippen molar-refractivity contribution in [3.05, 3.63) is 0 Å². The summed E-state index contributed by atoms with van der Waals surface area (Å²) < 4.78 is 5.80. The molecule has 0 aliphatic carbocycles. The van der Waals surface area contributed by atoms with Gasteiger partial charge >= 0.3 is 0 Å². The molecule has 0 aromatic heterocycles. The first kappa shape index (κ1) is 7.56. The van der Waals surface area contributed by atoms with Crippen molar-refractivity contribution in [3.8, 4) is 0 Å². The first-order chi connectivity index (χ1) is 5.22. The predicted molar refractivity (Wildman–Crippen MR) is 44.6 cm³/mol. The number of rotatable bonds is 0. The highest BCUT2D eigenvalue weighted by Gasteiger charge is 2.43. The zero-order valence-corrected chi connectivity index (χ0v) is 7.47. The van der Waals surface area contributed by atoms with Gasteiger partial charge in [-0.05, 0) is 33.2 Å². The lowest BCUT2D eigenvalue weighted by Gasteiger charge is -2.21. The Morgan fingerprint density at radius 2 is 2.36 bits per heavy atom. The third kappa shape index (κ3) is 1.18. The van der Waals surface area contributed by atoms with Gasteiger partial charge in [0.1, 0.15) is 0 Å². The van der Waals surface area contributed by atoms with Crippen LogP contribution in [0.1, 0.15) is 26.2 Å². The van der Waals surface area contributed by atoms with Crippen molar-refractivity contribution in [1.82, 2.24) is 4.90 Å². The maximum absolute atomic E-state index is 5.80. The van der Waals surface area contributed by atoms with Gasteiger partial charge in [-0.15, -0.1) is 0 Å². The van der Waals surface area contributed by atoms with E-state index in [0.29, 0.717) is 6.04 Å². The lowest BCUT2D eigenvalue weighted by molar-refractivity contribution is 0.0143. The molecule has 11 heavy (non-hydrogen) atoms. The molecule has 2 nitrogen and oxygen atoms in total. The monoisotopic (exact) mass is 155 g/mol. The third-order valence-electron chi connectivity index (χ3n) is 3.14. The number of hydrogen-bond acceptors (Lipinski definition) is 2. The Labute approximate surface area is 68.5 Å². The van der Waals surface area contributed by atoms with Gasteiger partial charge < -0.3 is 9.64 Å². The minimum atomic E-state index is 0.258. The molecule has 2 aliphatic heterocycles. The smallest absolute Gasteiger partial charge is 0.0824 e. The van der Waals surface area contributed by atoms with Gasteiger partial charge in [0.15, 0.2) is 0 Å². The molecule has 0 saturated carbocycles. The number of hydrogen-bond donors (Lipinski definition) is 0. The standard InChI is InChI=1S/C9H17NO/c1-8-6-9(7-10(8)2)4-3-5-11-9/h8H,3-7H2,1-2H3/t8-,9?/m1/s1. The van der Waals surface area contributed by atoms with Crippen molar-refractivity contribution in [1.29, 1.82) is 0 Å². The van der Waals surface area contributed by atoms with Crippen LogP contribution in [0, 0.1) is 0 Å². The molecule has 0 N–H and O–H groups in total. The van der Waals surface area contributed by atoms with Crippen LogP contribution >= 0.6 is 0 Å². The fourth-order valence-electron chi connectivity index (χ4n) is 2.41. The molecule has 2 saturated heterocycles. The Balaban J connectivity index is 2.06. The number of likely N-dealkylation sites (N-methyl/N-ethyl adjacent to an activating group) is 1. The van der Waals surface area contributed by atoms with Crippen molar-refractivity contribution in [2.45, 2.75) is 37.8 Å². The average molecular weight is 155 g/mol. The van der Waals surface area contributed by atoms with Crippen LogP contribution in [-0.4, -0.2) is 36.7 Å². The third-order valence-corrected chi connectivity index (χ3v) is 3.14.